The average Bonchev–Trinajstić information content (AvgIpc) is 3.65. The lowest BCUT2D eigenvalue weighted by Gasteiger charge is -2.32. The van der Waals surface area contributed by atoms with Crippen molar-refractivity contribution < 1.29 is 5.11 Å². The van der Waals surface area contributed by atoms with E-state index in [1.165, 1.54) is 0 Å². The number of fused-ring (bicyclic) bond motifs is 1. The molecule has 0 bridgehead atoms. The Morgan fingerprint density at radius 3 is 2.70 bits per heavy atom. The molecule has 1 atom stereocenters. The molecule has 1 unspecified atom stereocenters. The lowest BCUT2D eigenvalue weighted by atomic mass is 9.98. The largest absolute Gasteiger partial charge is 0.394 e. The first-order valence-electron chi connectivity index (χ1n) is 11.9. The molecule has 6 heterocycles. The van der Waals surface area contributed by atoms with E-state index in [1.54, 1.807) is 34.2 Å². The van der Waals surface area contributed by atoms with E-state index in [0.717, 1.165) is 48.4 Å². The van der Waals surface area contributed by atoms with Gasteiger partial charge in [-0.05, 0) is 24.8 Å². The van der Waals surface area contributed by atoms with Crippen LogP contribution in [0.2, 0.25) is 0 Å². The third-order valence-corrected chi connectivity index (χ3v) is 6.36. The zero-order valence-electron chi connectivity index (χ0n) is 20.3. The molecule has 13 nitrogen and oxygen atoms in total. The SMILES string of the molecule is Cl.Cn1cc(-c2cnc3nnn(CC4CCCN(c5ncc(-c6ccn(CCO)n6)cn5)C4)c3n2)cn1. The van der Waals surface area contributed by atoms with Gasteiger partial charge >= 0.3 is 0 Å². The Labute approximate surface area is 218 Å². The molecular formula is C23H27ClN12O. The van der Waals surface area contributed by atoms with Crippen molar-refractivity contribution in [2.75, 3.05) is 24.6 Å². The maximum absolute atomic E-state index is 9.09. The number of halogens is 1. The topological polar surface area (TPSA) is 141 Å². The van der Waals surface area contributed by atoms with Gasteiger partial charge in [0.2, 0.25) is 11.6 Å². The van der Waals surface area contributed by atoms with Crippen LogP contribution in [-0.2, 0) is 20.1 Å². The minimum atomic E-state index is 0. The molecule has 5 aromatic heterocycles. The zero-order chi connectivity index (χ0) is 24.5. The number of aryl methyl sites for hydroxylation is 1. The van der Waals surface area contributed by atoms with Crippen LogP contribution in [0.15, 0.2) is 43.2 Å². The molecule has 1 fully saturated rings. The highest BCUT2D eigenvalue weighted by molar-refractivity contribution is 5.85. The maximum Gasteiger partial charge on any atom is 0.225 e. The predicted octanol–water partition coefficient (Wildman–Crippen LogP) is 1.61. The number of hydrogen-bond donors (Lipinski definition) is 1. The van der Waals surface area contributed by atoms with Crippen LogP contribution in [0.25, 0.3) is 33.8 Å². The summed E-state index contributed by atoms with van der Waals surface area (Å²) in [7, 11) is 1.87. The first kappa shape index (κ1) is 24.7. The van der Waals surface area contributed by atoms with Gasteiger partial charge in [-0.2, -0.15) is 10.2 Å². The summed E-state index contributed by atoms with van der Waals surface area (Å²) in [6.07, 6.45) is 13.0. The van der Waals surface area contributed by atoms with Crippen LogP contribution in [0.4, 0.5) is 5.95 Å². The summed E-state index contributed by atoms with van der Waals surface area (Å²) in [6, 6.07) is 1.90. The van der Waals surface area contributed by atoms with E-state index in [0.29, 0.717) is 36.3 Å². The highest BCUT2D eigenvalue weighted by atomic mass is 35.5. The monoisotopic (exact) mass is 522 g/mol. The van der Waals surface area contributed by atoms with Gasteiger partial charge in [0.05, 0.1) is 36.9 Å². The van der Waals surface area contributed by atoms with E-state index in [-0.39, 0.29) is 19.0 Å². The summed E-state index contributed by atoms with van der Waals surface area (Å²) in [6.45, 7) is 2.94. The number of piperidine rings is 1. The zero-order valence-corrected chi connectivity index (χ0v) is 21.1. The fourth-order valence-electron chi connectivity index (χ4n) is 4.57. The number of aliphatic hydroxyl groups excluding tert-OH is 1. The van der Waals surface area contributed by atoms with Crippen molar-refractivity contribution in [3.8, 4) is 22.5 Å². The molecule has 5 aromatic rings. The van der Waals surface area contributed by atoms with Crippen molar-refractivity contribution in [2.45, 2.75) is 25.9 Å². The van der Waals surface area contributed by atoms with Gasteiger partial charge in [0.15, 0.2) is 5.65 Å². The van der Waals surface area contributed by atoms with E-state index in [4.69, 9.17) is 10.1 Å². The van der Waals surface area contributed by atoms with Gasteiger partial charge in [-0.3, -0.25) is 9.36 Å². The van der Waals surface area contributed by atoms with Crippen LogP contribution in [0.5, 0.6) is 0 Å². The van der Waals surface area contributed by atoms with Crippen molar-refractivity contribution in [1.82, 2.24) is 54.5 Å². The Hall–Kier alpha value is -3.97. The van der Waals surface area contributed by atoms with E-state index in [1.807, 2.05) is 30.2 Å². The normalized spacial score (nSPS) is 15.7. The van der Waals surface area contributed by atoms with Crippen LogP contribution >= 0.6 is 12.4 Å². The molecule has 1 saturated heterocycles. The highest BCUT2D eigenvalue weighted by Gasteiger charge is 2.24. The van der Waals surface area contributed by atoms with Crippen LogP contribution < -0.4 is 4.90 Å². The fraction of sp³-hybridized carbons (Fsp3) is 0.391. The van der Waals surface area contributed by atoms with E-state index < -0.39 is 0 Å². The summed E-state index contributed by atoms with van der Waals surface area (Å²) in [5, 5.41) is 26.3. The molecule has 6 rings (SSSR count). The van der Waals surface area contributed by atoms with Gasteiger partial charge in [0.25, 0.3) is 0 Å². The minimum absolute atomic E-state index is 0. The number of aromatic nitrogens is 11. The van der Waals surface area contributed by atoms with Crippen LogP contribution in [-0.4, -0.2) is 79.3 Å². The van der Waals surface area contributed by atoms with Crippen molar-refractivity contribution in [3.05, 3.63) is 43.2 Å². The Balaban J connectivity index is 0.00000280. The Morgan fingerprint density at radius 2 is 1.92 bits per heavy atom. The highest BCUT2D eigenvalue weighted by Crippen LogP contribution is 2.24. The third kappa shape index (κ3) is 5.13. The maximum atomic E-state index is 9.09. The lowest BCUT2D eigenvalue weighted by molar-refractivity contribution is 0.269. The fourth-order valence-corrected chi connectivity index (χ4v) is 4.57. The summed E-state index contributed by atoms with van der Waals surface area (Å²) in [5.41, 5.74) is 4.51. The molecule has 0 radical (unpaired) electrons. The van der Waals surface area contributed by atoms with Crippen LogP contribution in [0.3, 0.4) is 0 Å². The van der Waals surface area contributed by atoms with E-state index in [2.05, 4.69) is 40.4 Å². The van der Waals surface area contributed by atoms with Crippen molar-refractivity contribution in [1.29, 1.82) is 0 Å². The van der Waals surface area contributed by atoms with Crippen LogP contribution in [0.1, 0.15) is 12.8 Å². The summed E-state index contributed by atoms with van der Waals surface area (Å²) >= 11 is 0. The molecule has 0 amide bonds. The standard InChI is InChI=1S/C23H26N12O.ClH/c1-32-15-18(11-27-32)20-12-24-21-22(28-20)35(31-29-21)14-16-3-2-5-33(13-16)23-25-9-17(10-26-23)19-4-6-34(30-19)7-8-36;/h4,6,9-12,15-16,36H,2-3,5,7-8,13-14H2,1H3;1H. The first-order chi connectivity index (χ1) is 17.7. The second-order valence-corrected chi connectivity index (χ2v) is 8.99. The number of rotatable bonds is 7. The average molecular weight is 523 g/mol. The van der Waals surface area contributed by atoms with Crippen molar-refractivity contribution in [2.24, 2.45) is 13.0 Å². The molecule has 0 aromatic carbocycles. The van der Waals surface area contributed by atoms with Gasteiger partial charge in [0, 0.05) is 62.6 Å². The summed E-state index contributed by atoms with van der Waals surface area (Å²) in [5.74, 6) is 1.06. The van der Waals surface area contributed by atoms with Gasteiger partial charge in [-0.1, -0.05) is 5.21 Å². The minimum Gasteiger partial charge on any atom is -0.394 e. The molecule has 0 saturated carbocycles. The lowest BCUT2D eigenvalue weighted by Crippen LogP contribution is -2.38. The second-order valence-electron chi connectivity index (χ2n) is 8.99. The number of anilines is 1. The Kier molecular flexibility index (Phi) is 7.06. The number of aliphatic hydroxyl groups is 1. The van der Waals surface area contributed by atoms with E-state index >= 15 is 0 Å². The molecule has 1 aliphatic heterocycles. The van der Waals surface area contributed by atoms with Gasteiger partial charge < -0.3 is 10.0 Å². The second kappa shape index (κ2) is 10.6. The van der Waals surface area contributed by atoms with Gasteiger partial charge in [0.1, 0.15) is 0 Å². The van der Waals surface area contributed by atoms with Crippen LogP contribution in [0, 0.1) is 5.92 Å². The number of nitrogens with zero attached hydrogens (tertiary/aromatic N) is 12. The molecule has 0 aliphatic carbocycles. The molecule has 1 aliphatic rings. The molecule has 14 heteroatoms. The predicted molar refractivity (Wildman–Crippen MR) is 138 cm³/mol. The molecule has 192 valence electrons. The summed E-state index contributed by atoms with van der Waals surface area (Å²) < 4.78 is 5.30. The van der Waals surface area contributed by atoms with Gasteiger partial charge in [-0.25, -0.2) is 24.6 Å². The number of hydrogen-bond acceptors (Lipinski definition) is 10. The first-order valence-corrected chi connectivity index (χ1v) is 11.9. The Morgan fingerprint density at radius 1 is 1.05 bits per heavy atom. The van der Waals surface area contributed by atoms with Crippen molar-refractivity contribution in [3.63, 3.8) is 0 Å². The molecular weight excluding hydrogens is 496 g/mol. The third-order valence-electron chi connectivity index (χ3n) is 6.36. The molecule has 1 N–H and O–H groups in total. The quantitative estimate of drug-likeness (QED) is 0.335. The molecule has 0 spiro atoms. The smallest absolute Gasteiger partial charge is 0.225 e. The van der Waals surface area contributed by atoms with E-state index in [9.17, 15) is 0 Å². The Bertz CT molecular complexity index is 1480. The molecule has 37 heavy (non-hydrogen) atoms. The summed E-state index contributed by atoms with van der Waals surface area (Å²) in [4.78, 5) is 20.7. The van der Waals surface area contributed by atoms with Crippen molar-refractivity contribution >= 4 is 29.6 Å². The van der Waals surface area contributed by atoms with Gasteiger partial charge in [-0.15, -0.1) is 17.5 Å².